The first-order chi connectivity index (χ1) is 11.1. The minimum atomic E-state index is 0.247. The van der Waals surface area contributed by atoms with E-state index in [0.29, 0.717) is 21.2 Å². The lowest BCUT2D eigenvalue weighted by atomic mass is 9.80. The summed E-state index contributed by atoms with van der Waals surface area (Å²) in [6.07, 6.45) is 3.64. The van der Waals surface area contributed by atoms with Crippen LogP contribution < -0.4 is 5.73 Å². The van der Waals surface area contributed by atoms with E-state index < -0.39 is 0 Å². The maximum Gasteiger partial charge on any atom is 0.102 e. The van der Waals surface area contributed by atoms with Crippen LogP contribution in [0, 0.1) is 22.7 Å². The summed E-state index contributed by atoms with van der Waals surface area (Å²) < 4.78 is 0. The normalized spacial score (nSPS) is 13.0. The molecule has 0 saturated heterocycles. The molecule has 0 unspecified atom stereocenters. The van der Waals surface area contributed by atoms with Gasteiger partial charge in [-0.3, -0.25) is 0 Å². The summed E-state index contributed by atoms with van der Waals surface area (Å²) in [5.41, 5.74) is 10.6. The fourth-order valence-electron chi connectivity index (χ4n) is 3.26. The van der Waals surface area contributed by atoms with Gasteiger partial charge < -0.3 is 5.73 Å². The van der Waals surface area contributed by atoms with Gasteiger partial charge in [-0.25, -0.2) is 0 Å². The van der Waals surface area contributed by atoms with Crippen molar-refractivity contribution in [2.75, 3.05) is 5.73 Å². The fraction of sp³-hybridized carbons (Fsp3) is 0.222. The number of hydrogen-bond acceptors (Lipinski definition) is 3. The van der Waals surface area contributed by atoms with Crippen molar-refractivity contribution in [1.82, 2.24) is 0 Å². The molecule has 0 saturated carbocycles. The van der Waals surface area contributed by atoms with Gasteiger partial charge in [-0.2, -0.15) is 10.5 Å². The molecule has 2 aromatic rings. The van der Waals surface area contributed by atoms with Gasteiger partial charge in [-0.05, 0) is 48.9 Å². The van der Waals surface area contributed by atoms with Crippen molar-refractivity contribution in [1.29, 1.82) is 10.5 Å². The quantitative estimate of drug-likeness (QED) is 0.752. The van der Waals surface area contributed by atoms with Crippen molar-refractivity contribution in [3.8, 4) is 23.3 Å². The number of rotatable bonds is 1. The molecule has 0 heterocycles. The lowest BCUT2D eigenvalue weighted by molar-refractivity contribution is 0.685. The Morgan fingerprint density at radius 2 is 1.61 bits per heavy atom. The molecule has 2 N–H and O–H groups in total. The highest BCUT2D eigenvalue weighted by Gasteiger charge is 2.26. The second-order valence-corrected chi connectivity index (χ2v) is 6.39. The SMILES string of the molecule is N#Cc1c(N)c(C#N)c(-c2ccc(Cl)cc2Cl)c2c1CCCC2. The van der Waals surface area contributed by atoms with Crippen LogP contribution in [-0.2, 0) is 12.8 Å². The number of benzene rings is 2. The van der Waals surface area contributed by atoms with Crippen LogP contribution in [0.2, 0.25) is 10.0 Å². The van der Waals surface area contributed by atoms with Gasteiger partial charge in [-0.1, -0.05) is 29.3 Å². The lowest BCUT2D eigenvalue weighted by Crippen LogP contribution is -2.12. The van der Waals surface area contributed by atoms with Crippen molar-refractivity contribution in [3.05, 3.63) is 50.5 Å². The highest BCUT2D eigenvalue weighted by Crippen LogP contribution is 2.42. The van der Waals surface area contributed by atoms with E-state index in [4.69, 9.17) is 28.9 Å². The molecule has 0 amide bonds. The Hall–Kier alpha value is -2.20. The summed E-state index contributed by atoms with van der Waals surface area (Å²) in [5, 5.41) is 20.1. The summed E-state index contributed by atoms with van der Waals surface area (Å²) in [6, 6.07) is 9.54. The molecule has 2 aromatic carbocycles. The third kappa shape index (κ3) is 2.53. The number of hydrogen-bond donors (Lipinski definition) is 1. The van der Waals surface area contributed by atoms with Crippen LogP contribution in [0.25, 0.3) is 11.1 Å². The number of anilines is 1. The lowest BCUT2D eigenvalue weighted by Gasteiger charge is -2.24. The number of nitriles is 2. The van der Waals surface area contributed by atoms with Gasteiger partial charge in [-0.15, -0.1) is 0 Å². The molecule has 0 aliphatic heterocycles. The van der Waals surface area contributed by atoms with Gasteiger partial charge in [0.25, 0.3) is 0 Å². The van der Waals surface area contributed by atoms with E-state index in [1.54, 1.807) is 18.2 Å². The summed E-state index contributed by atoms with van der Waals surface area (Å²) in [4.78, 5) is 0. The molecule has 0 spiro atoms. The maximum absolute atomic E-state index is 9.62. The predicted molar refractivity (Wildman–Crippen MR) is 92.4 cm³/mol. The van der Waals surface area contributed by atoms with E-state index in [1.807, 2.05) is 0 Å². The Bertz CT molecular complexity index is 889. The Balaban J connectivity index is 2.43. The Morgan fingerprint density at radius 3 is 2.22 bits per heavy atom. The molecule has 1 aliphatic rings. The molecule has 0 bridgehead atoms. The van der Waals surface area contributed by atoms with Gasteiger partial charge in [0, 0.05) is 21.2 Å². The van der Waals surface area contributed by atoms with E-state index >= 15 is 0 Å². The van der Waals surface area contributed by atoms with Crippen molar-refractivity contribution in [2.45, 2.75) is 25.7 Å². The average Bonchev–Trinajstić information content (AvgIpc) is 2.54. The van der Waals surface area contributed by atoms with Crippen LogP contribution in [0.3, 0.4) is 0 Å². The van der Waals surface area contributed by atoms with Crippen molar-refractivity contribution >= 4 is 28.9 Å². The molecule has 3 nitrogen and oxygen atoms in total. The van der Waals surface area contributed by atoms with Gasteiger partial charge in [0.15, 0.2) is 0 Å². The fourth-order valence-corrected chi connectivity index (χ4v) is 3.77. The van der Waals surface area contributed by atoms with E-state index in [9.17, 15) is 10.5 Å². The second kappa shape index (κ2) is 6.13. The molecule has 0 aromatic heterocycles. The zero-order valence-electron chi connectivity index (χ0n) is 12.3. The third-order valence-corrected chi connectivity index (χ3v) is 4.83. The second-order valence-electron chi connectivity index (χ2n) is 5.55. The van der Waals surface area contributed by atoms with Crippen LogP contribution in [0.5, 0.6) is 0 Å². The van der Waals surface area contributed by atoms with Crippen LogP contribution in [0.4, 0.5) is 5.69 Å². The topological polar surface area (TPSA) is 73.6 Å². The highest BCUT2D eigenvalue weighted by atomic mass is 35.5. The standard InChI is InChI=1S/C18H13Cl2N3/c19-10-5-6-13(16(20)7-10)17-12-4-2-1-3-11(12)14(8-21)18(23)15(17)9-22/h5-7H,1-4,23H2. The number of nitrogen functional groups attached to an aromatic ring is 1. The van der Waals surface area contributed by atoms with Crippen LogP contribution >= 0.6 is 23.2 Å². The smallest absolute Gasteiger partial charge is 0.102 e. The molecular weight excluding hydrogens is 329 g/mol. The van der Waals surface area contributed by atoms with E-state index in [-0.39, 0.29) is 5.69 Å². The van der Waals surface area contributed by atoms with E-state index in [0.717, 1.165) is 47.9 Å². The predicted octanol–water partition coefficient (Wildman–Crippen LogP) is 4.86. The first kappa shape index (κ1) is 15.7. The number of fused-ring (bicyclic) bond motifs is 1. The van der Waals surface area contributed by atoms with Gasteiger partial charge in [0.2, 0.25) is 0 Å². The summed E-state index contributed by atoms with van der Waals surface area (Å²) in [7, 11) is 0. The van der Waals surface area contributed by atoms with Crippen LogP contribution in [-0.4, -0.2) is 0 Å². The summed E-state index contributed by atoms with van der Waals surface area (Å²) in [5.74, 6) is 0. The third-order valence-electron chi connectivity index (χ3n) is 4.28. The molecule has 5 heteroatoms. The van der Waals surface area contributed by atoms with Crippen LogP contribution in [0.15, 0.2) is 18.2 Å². The number of nitrogens with zero attached hydrogens (tertiary/aromatic N) is 2. The van der Waals surface area contributed by atoms with Crippen molar-refractivity contribution in [2.24, 2.45) is 0 Å². The van der Waals surface area contributed by atoms with Crippen molar-refractivity contribution < 1.29 is 0 Å². The molecule has 0 atom stereocenters. The summed E-state index contributed by atoms with van der Waals surface area (Å²) in [6.45, 7) is 0. The van der Waals surface area contributed by atoms with Gasteiger partial charge >= 0.3 is 0 Å². The van der Waals surface area contributed by atoms with Gasteiger partial charge in [0.1, 0.15) is 12.1 Å². The zero-order valence-corrected chi connectivity index (χ0v) is 13.8. The zero-order chi connectivity index (χ0) is 16.6. The molecule has 0 fully saturated rings. The molecule has 23 heavy (non-hydrogen) atoms. The minimum Gasteiger partial charge on any atom is -0.397 e. The number of halogens is 2. The van der Waals surface area contributed by atoms with E-state index in [2.05, 4.69) is 12.1 Å². The van der Waals surface area contributed by atoms with Crippen LogP contribution in [0.1, 0.15) is 35.1 Å². The average molecular weight is 342 g/mol. The molecule has 0 radical (unpaired) electrons. The number of nitrogens with two attached hydrogens (primary N) is 1. The molecule has 1 aliphatic carbocycles. The van der Waals surface area contributed by atoms with E-state index in [1.165, 1.54) is 0 Å². The summed E-state index contributed by atoms with van der Waals surface area (Å²) >= 11 is 12.3. The minimum absolute atomic E-state index is 0.247. The Morgan fingerprint density at radius 1 is 0.957 bits per heavy atom. The van der Waals surface area contributed by atoms with Crippen molar-refractivity contribution in [3.63, 3.8) is 0 Å². The highest BCUT2D eigenvalue weighted by molar-refractivity contribution is 6.36. The molecule has 3 rings (SSSR count). The first-order valence-corrected chi connectivity index (χ1v) is 8.06. The maximum atomic E-state index is 9.62. The largest absolute Gasteiger partial charge is 0.397 e. The Kier molecular flexibility index (Phi) is 4.18. The first-order valence-electron chi connectivity index (χ1n) is 7.31. The monoisotopic (exact) mass is 341 g/mol. The molecule has 114 valence electrons. The molecular formula is C18H13Cl2N3. The van der Waals surface area contributed by atoms with Gasteiger partial charge in [0.05, 0.1) is 16.8 Å². The Labute approximate surface area is 144 Å².